The lowest BCUT2D eigenvalue weighted by atomic mass is 9.87. The molecule has 0 radical (unpaired) electrons. The molecule has 0 saturated carbocycles. The summed E-state index contributed by atoms with van der Waals surface area (Å²) in [6.45, 7) is 0. The standard InChI is InChI=1S/C23H21ClN2O5/c1-30-22(28)14-9-7-13(8-10-14)21-20-16(15-5-3-4-6-17(15)25-20)11-18(23(29)31-2)26(21)19(27)12-24/h3-10,18,21,25H,11-12H2,1-2H3/t18-,21+/m0/s1. The van der Waals surface area contributed by atoms with Crippen molar-refractivity contribution in [2.75, 3.05) is 20.1 Å². The van der Waals surface area contributed by atoms with E-state index in [2.05, 4.69) is 4.98 Å². The van der Waals surface area contributed by atoms with Crippen molar-refractivity contribution in [2.45, 2.75) is 18.5 Å². The number of nitrogens with one attached hydrogen (secondary N) is 1. The summed E-state index contributed by atoms with van der Waals surface area (Å²) in [6.07, 6.45) is 0.311. The van der Waals surface area contributed by atoms with Crippen molar-refractivity contribution in [1.82, 2.24) is 9.88 Å². The highest BCUT2D eigenvalue weighted by atomic mass is 35.5. The molecule has 1 aromatic heterocycles. The molecule has 2 aromatic carbocycles. The Morgan fingerprint density at radius 2 is 1.77 bits per heavy atom. The number of carbonyl (C=O) groups is 3. The molecule has 1 aliphatic heterocycles. The van der Waals surface area contributed by atoms with Crippen molar-refractivity contribution in [2.24, 2.45) is 0 Å². The first kappa shape index (κ1) is 20.9. The lowest BCUT2D eigenvalue weighted by molar-refractivity contribution is -0.154. The first-order valence-electron chi connectivity index (χ1n) is 9.72. The maximum Gasteiger partial charge on any atom is 0.337 e. The molecule has 3 aromatic rings. The van der Waals surface area contributed by atoms with Crippen molar-refractivity contribution in [3.8, 4) is 0 Å². The van der Waals surface area contributed by atoms with E-state index >= 15 is 0 Å². The van der Waals surface area contributed by atoms with Gasteiger partial charge in [0.25, 0.3) is 0 Å². The number of rotatable bonds is 4. The normalized spacial score (nSPS) is 17.8. The summed E-state index contributed by atoms with van der Waals surface area (Å²) in [5.74, 6) is -1.63. The van der Waals surface area contributed by atoms with Crippen LogP contribution in [0, 0.1) is 0 Å². The SMILES string of the molecule is COC(=O)c1ccc([C@@H]2c3[nH]c4ccccc4c3C[C@@H](C(=O)OC)N2C(=O)CCl)cc1. The minimum Gasteiger partial charge on any atom is -0.467 e. The molecule has 2 heterocycles. The van der Waals surface area contributed by atoms with Gasteiger partial charge in [0.1, 0.15) is 11.9 Å². The summed E-state index contributed by atoms with van der Waals surface area (Å²) >= 11 is 5.93. The quantitative estimate of drug-likeness (QED) is 0.497. The molecule has 0 bridgehead atoms. The number of esters is 2. The Labute approximate surface area is 183 Å². The maximum absolute atomic E-state index is 12.9. The van der Waals surface area contributed by atoms with Crippen LogP contribution in [0.15, 0.2) is 48.5 Å². The summed E-state index contributed by atoms with van der Waals surface area (Å²) in [7, 11) is 2.62. The number of halogens is 1. The Morgan fingerprint density at radius 1 is 1.06 bits per heavy atom. The number of H-pyrrole nitrogens is 1. The van der Waals surface area contributed by atoms with E-state index in [1.807, 2.05) is 24.3 Å². The van der Waals surface area contributed by atoms with Gasteiger partial charge in [-0.25, -0.2) is 9.59 Å². The fraction of sp³-hybridized carbons (Fsp3) is 0.261. The van der Waals surface area contributed by atoms with Gasteiger partial charge in [-0.1, -0.05) is 30.3 Å². The van der Waals surface area contributed by atoms with Crippen LogP contribution in [0.2, 0.25) is 0 Å². The lowest BCUT2D eigenvalue weighted by Gasteiger charge is -2.40. The maximum atomic E-state index is 12.9. The summed E-state index contributed by atoms with van der Waals surface area (Å²) in [4.78, 5) is 42.4. The molecule has 1 N–H and O–H groups in total. The third-order valence-electron chi connectivity index (χ3n) is 5.65. The molecule has 0 unspecified atom stereocenters. The monoisotopic (exact) mass is 440 g/mol. The van der Waals surface area contributed by atoms with Crippen LogP contribution in [-0.4, -0.2) is 53.9 Å². The summed E-state index contributed by atoms with van der Waals surface area (Å²) in [5.41, 5.74) is 3.79. The van der Waals surface area contributed by atoms with Gasteiger partial charge >= 0.3 is 11.9 Å². The van der Waals surface area contributed by atoms with Gasteiger partial charge in [-0.05, 0) is 29.3 Å². The number of hydrogen-bond donors (Lipinski definition) is 1. The first-order valence-corrected chi connectivity index (χ1v) is 10.3. The molecular weight excluding hydrogens is 420 g/mol. The van der Waals surface area contributed by atoms with Gasteiger partial charge in [0.15, 0.2) is 0 Å². The van der Waals surface area contributed by atoms with Crippen LogP contribution >= 0.6 is 11.6 Å². The number of carbonyl (C=O) groups excluding carboxylic acids is 3. The second-order valence-corrected chi connectivity index (χ2v) is 7.52. The minimum atomic E-state index is -0.826. The van der Waals surface area contributed by atoms with Crippen LogP contribution in [0.25, 0.3) is 10.9 Å². The average Bonchev–Trinajstić information content (AvgIpc) is 3.19. The molecule has 0 aliphatic carbocycles. The highest BCUT2D eigenvalue weighted by Gasteiger charge is 2.43. The molecule has 7 nitrogen and oxygen atoms in total. The van der Waals surface area contributed by atoms with Gasteiger partial charge in [-0.2, -0.15) is 0 Å². The number of amides is 1. The number of alkyl halides is 1. The van der Waals surface area contributed by atoms with Crippen molar-refractivity contribution in [3.63, 3.8) is 0 Å². The topological polar surface area (TPSA) is 88.7 Å². The minimum absolute atomic E-state index is 0.278. The average molecular weight is 441 g/mol. The van der Waals surface area contributed by atoms with Gasteiger partial charge in [-0.3, -0.25) is 4.79 Å². The molecule has 1 aliphatic rings. The summed E-state index contributed by atoms with van der Waals surface area (Å²) in [5, 5.41) is 0.987. The van der Waals surface area contributed by atoms with E-state index in [0.717, 1.165) is 27.7 Å². The van der Waals surface area contributed by atoms with E-state index in [9.17, 15) is 14.4 Å². The third-order valence-corrected chi connectivity index (χ3v) is 5.88. The van der Waals surface area contributed by atoms with E-state index in [1.54, 1.807) is 24.3 Å². The van der Waals surface area contributed by atoms with E-state index in [4.69, 9.17) is 21.1 Å². The molecule has 8 heteroatoms. The van der Waals surface area contributed by atoms with Crippen molar-refractivity contribution in [1.29, 1.82) is 0 Å². The predicted octanol–water partition coefficient (Wildman–Crippen LogP) is 3.21. The lowest BCUT2D eigenvalue weighted by Crippen LogP contribution is -2.52. The zero-order valence-corrected chi connectivity index (χ0v) is 17.8. The second-order valence-electron chi connectivity index (χ2n) is 7.26. The second kappa shape index (κ2) is 8.43. The first-order chi connectivity index (χ1) is 15.0. The highest BCUT2D eigenvalue weighted by molar-refractivity contribution is 6.27. The molecule has 0 spiro atoms. The largest absolute Gasteiger partial charge is 0.467 e. The van der Waals surface area contributed by atoms with Crippen LogP contribution in [0.1, 0.15) is 33.2 Å². The number of methoxy groups -OCH3 is 2. The number of aromatic nitrogens is 1. The Kier molecular flexibility index (Phi) is 5.69. The summed E-state index contributed by atoms with van der Waals surface area (Å²) in [6, 6.07) is 13.1. The number of para-hydroxylation sites is 1. The Bertz CT molecular complexity index is 1150. The molecule has 0 fully saturated rings. The number of fused-ring (bicyclic) bond motifs is 3. The molecule has 0 saturated heterocycles. The molecule has 2 atom stereocenters. The highest BCUT2D eigenvalue weighted by Crippen LogP contribution is 2.41. The van der Waals surface area contributed by atoms with Crippen LogP contribution in [0.5, 0.6) is 0 Å². The predicted molar refractivity (Wildman–Crippen MR) is 115 cm³/mol. The van der Waals surface area contributed by atoms with E-state index < -0.39 is 24.0 Å². The zero-order valence-electron chi connectivity index (χ0n) is 17.1. The van der Waals surface area contributed by atoms with Crippen LogP contribution in [0.4, 0.5) is 0 Å². The van der Waals surface area contributed by atoms with Gasteiger partial charge < -0.3 is 19.4 Å². The van der Waals surface area contributed by atoms with Crippen LogP contribution < -0.4 is 0 Å². The van der Waals surface area contributed by atoms with Gasteiger partial charge in [0.2, 0.25) is 5.91 Å². The van der Waals surface area contributed by atoms with E-state index in [1.165, 1.54) is 19.1 Å². The Balaban J connectivity index is 1.92. The van der Waals surface area contributed by atoms with Gasteiger partial charge in [-0.15, -0.1) is 11.6 Å². The van der Waals surface area contributed by atoms with E-state index in [-0.39, 0.29) is 11.8 Å². The molecular formula is C23H21ClN2O5. The third kappa shape index (κ3) is 3.55. The number of aromatic amines is 1. The number of benzene rings is 2. The Morgan fingerprint density at radius 3 is 2.42 bits per heavy atom. The number of ether oxygens (including phenoxy) is 2. The molecule has 160 valence electrons. The number of hydrogen-bond acceptors (Lipinski definition) is 5. The zero-order chi connectivity index (χ0) is 22.1. The smallest absolute Gasteiger partial charge is 0.337 e. The van der Waals surface area contributed by atoms with E-state index in [0.29, 0.717) is 12.0 Å². The molecule has 1 amide bonds. The fourth-order valence-corrected chi connectivity index (χ4v) is 4.39. The van der Waals surface area contributed by atoms with Crippen LogP contribution in [-0.2, 0) is 25.5 Å². The number of nitrogens with zero attached hydrogens (tertiary/aromatic N) is 1. The fourth-order valence-electron chi connectivity index (χ4n) is 4.25. The van der Waals surface area contributed by atoms with Crippen molar-refractivity contribution >= 4 is 40.3 Å². The molecule has 4 rings (SSSR count). The Hall–Kier alpha value is -3.32. The van der Waals surface area contributed by atoms with Gasteiger partial charge in [0, 0.05) is 23.0 Å². The van der Waals surface area contributed by atoms with Crippen molar-refractivity contribution < 1.29 is 23.9 Å². The van der Waals surface area contributed by atoms with Crippen molar-refractivity contribution in [3.05, 3.63) is 70.9 Å². The molecule has 31 heavy (non-hydrogen) atoms. The van der Waals surface area contributed by atoms with Crippen LogP contribution in [0.3, 0.4) is 0 Å². The van der Waals surface area contributed by atoms with Gasteiger partial charge in [0.05, 0.1) is 25.8 Å². The summed E-state index contributed by atoms with van der Waals surface area (Å²) < 4.78 is 9.79.